The van der Waals surface area contributed by atoms with Crippen LogP contribution < -0.4 is 5.32 Å². The minimum absolute atomic E-state index is 0.0426. The molecular weight excluding hydrogens is 258 g/mol. The molecule has 1 rings (SSSR count). The fourth-order valence-corrected chi connectivity index (χ4v) is 2.58. The zero-order valence-corrected chi connectivity index (χ0v) is 13.0. The van der Waals surface area contributed by atoms with Crippen molar-refractivity contribution in [2.45, 2.75) is 39.2 Å². The van der Waals surface area contributed by atoms with Crippen LogP contribution in [0.25, 0.3) is 0 Å². The fourth-order valence-electron chi connectivity index (χ4n) is 1.88. The Morgan fingerprint density at radius 1 is 1.16 bits per heavy atom. The minimum Gasteiger partial charge on any atom is -0.311 e. The van der Waals surface area contributed by atoms with Crippen molar-refractivity contribution in [1.82, 2.24) is 5.32 Å². The normalized spacial score (nSPS) is 12.6. The van der Waals surface area contributed by atoms with Crippen LogP contribution in [0.2, 0.25) is 0 Å². The predicted octanol–water partition coefficient (Wildman–Crippen LogP) is 2.42. The highest BCUT2D eigenvalue weighted by molar-refractivity contribution is 7.91. The molecule has 0 heterocycles. The van der Waals surface area contributed by atoms with Crippen LogP contribution in [-0.4, -0.2) is 32.0 Å². The number of rotatable bonds is 8. The lowest BCUT2D eigenvalue weighted by atomic mass is 9.95. The van der Waals surface area contributed by atoms with E-state index in [1.165, 1.54) is 5.56 Å². The van der Waals surface area contributed by atoms with E-state index >= 15 is 0 Å². The molecular formula is C15H25NO2S. The molecule has 0 amide bonds. The van der Waals surface area contributed by atoms with Gasteiger partial charge in [-0.3, -0.25) is 0 Å². The van der Waals surface area contributed by atoms with E-state index in [1.807, 2.05) is 18.2 Å². The highest BCUT2D eigenvalue weighted by Crippen LogP contribution is 2.13. The Hall–Kier alpha value is -0.870. The SMILES string of the molecule is CCS(=O)(=O)CCNC(C)(C)CCc1ccccc1. The van der Waals surface area contributed by atoms with E-state index in [1.54, 1.807) is 6.92 Å². The topological polar surface area (TPSA) is 46.2 Å². The summed E-state index contributed by atoms with van der Waals surface area (Å²) in [6, 6.07) is 10.4. The molecule has 0 aliphatic carbocycles. The molecule has 0 spiro atoms. The third-order valence-corrected chi connectivity index (χ3v) is 5.04. The summed E-state index contributed by atoms with van der Waals surface area (Å²) in [7, 11) is -2.87. The Kier molecular flexibility index (Phi) is 6.01. The first-order valence-electron chi connectivity index (χ1n) is 6.84. The van der Waals surface area contributed by atoms with Crippen molar-refractivity contribution in [2.24, 2.45) is 0 Å². The van der Waals surface area contributed by atoms with E-state index in [2.05, 4.69) is 31.3 Å². The van der Waals surface area contributed by atoms with E-state index in [4.69, 9.17) is 0 Å². The number of hydrogen-bond acceptors (Lipinski definition) is 3. The maximum absolute atomic E-state index is 11.4. The van der Waals surface area contributed by atoms with E-state index in [0.717, 1.165) is 12.8 Å². The molecule has 0 saturated heterocycles. The maximum Gasteiger partial charge on any atom is 0.151 e. The van der Waals surface area contributed by atoms with Crippen molar-refractivity contribution >= 4 is 9.84 Å². The second-order valence-corrected chi connectivity index (χ2v) is 8.01. The molecule has 4 heteroatoms. The Morgan fingerprint density at radius 2 is 1.79 bits per heavy atom. The highest BCUT2D eigenvalue weighted by Gasteiger charge is 2.17. The molecule has 1 aromatic carbocycles. The zero-order chi connectivity index (χ0) is 14.4. The van der Waals surface area contributed by atoms with Gasteiger partial charge in [-0.1, -0.05) is 37.3 Å². The molecule has 108 valence electrons. The van der Waals surface area contributed by atoms with Crippen LogP contribution in [0, 0.1) is 0 Å². The molecule has 0 fully saturated rings. The van der Waals surface area contributed by atoms with Crippen LogP contribution in [-0.2, 0) is 16.3 Å². The average molecular weight is 283 g/mol. The van der Waals surface area contributed by atoms with Gasteiger partial charge in [0.25, 0.3) is 0 Å². The molecule has 0 bridgehead atoms. The van der Waals surface area contributed by atoms with Gasteiger partial charge in [0.15, 0.2) is 9.84 Å². The third-order valence-electron chi connectivity index (χ3n) is 3.34. The van der Waals surface area contributed by atoms with Crippen LogP contribution in [0.3, 0.4) is 0 Å². The Bertz CT molecular complexity index is 466. The van der Waals surface area contributed by atoms with E-state index in [-0.39, 0.29) is 17.0 Å². The summed E-state index contributed by atoms with van der Waals surface area (Å²) in [5, 5.41) is 3.34. The van der Waals surface area contributed by atoms with E-state index in [9.17, 15) is 8.42 Å². The zero-order valence-electron chi connectivity index (χ0n) is 12.1. The van der Waals surface area contributed by atoms with Crippen LogP contribution in [0.5, 0.6) is 0 Å². The fraction of sp³-hybridized carbons (Fsp3) is 0.600. The van der Waals surface area contributed by atoms with Crippen molar-refractivity contribution in [3.63, 3.8) is 0 Å². The molecule has 3 nitrogen and oxygen atoms in total. The first-order chi connectivity index (χ1) is 8.85. The van der Waals surface area contributed by atoms with Gasteiger partial charge in [0.05, 0.1) is 5.75 Å². The smallest absolute Gasteiger partial charge is 0.151 e. The summed E-state index contributed by atoms with van der Waals surface area (Å²) in [5.74, 6) is 0.442. The summed E-state index contributed by atoms with van der Waals surface area (Å²) in [6.07, 6.45) is 1.99. The van der Waals surface area contributed by atoms with Gasteiger partial charge in [0.1, 0.15) is 0 Å². The number of benzene rings is 1. The van der Waals surface area contributed by atoms with Crippen molar-refractivity contribution in [1.29, 1.82) is 0 Å². The lowest BCUT2D eigenvalue weighted by Gasteiger charge is -2.26. The monoisotopic (exact) mass is 283 g/mol. The van der Waals surface area contributed by atoms with Crippen LogP contribution in [0.15, 0.2) is 30.3 Å². The van der Waals surface area contributed by atoms with Crippen molar-refractivity contribution in [3.8, 4) is 0 Å². The van der Waals surface area contributed by atoms with Gasteiger partial charge in [0, 0.05) is 17.8 Å². The molecule has 0 saturated carbocycles. The molecule has 1 N–H and O–H groups in total. The van der Waals surface area contributed by atoms with Gasteiger partial charge in [-0.25, -0.2) is 8.42 Å². The maximum atomic E-state index is 11.4. The highest BCUT2D eigenvalue weighted by atomic mass is 32.2. The molecule has 0 atom stereocenters. The summed E-state index contributed by atoms with van der Waals surface area (Å²) in [4.78, 5) is 0. The largest absolute Gasteiger partial charge is 0.311 e. The Balaban J connectivity index is 2.36. The van der Waals surface area contributed by atoms with Crippen LogP contribution >= 0.6 is 0 Å². The standard InChI is InChI=1S/C15H25NO2S/c1-4-19(17,18)13-12-16-15(2,3)11-10-14-8-6-5-7-9-14/h5-9,16H,4,10-13H2,1-3H3. The molecule has 0 radical (unpaired) electrons. The minimum atomic E-state index is -2.87. The predicted molar refractivity (Wildman–Crippen MR) is 81.2 cm³/mol. The first-order valence-corrected chi connectivity index (χ1v) is 8.66. The Morgan fingerprint density at radius 3 is 2.37 bits per heavy atom. The average Bonchev–Trinajstić information content (AvgIpc) is 2.37. The molecule has 0 aliphatic heterocycles. The third kappa shape index (κ3) is 6.73. The lowest BCUT2D eigenvalue weighted by Crippen LogP contribution is -2.42. The molecule has 0 unspecified atom stereocenters. The quantitative estimate of drug-likeness (QED) is 0.797. The summed E-state index contributed by atoms with van der Waals surface area (Å²) in [5.41, 5.74) is 1.28. The van der Waals surface area contributed by atoms with Gasteiger partial charge in [-0.2, -0.15) is 0 Å². The number of nitrogens with one attached hydrogen (secondary N) is 1. The Labute approximate surface area is 117 Å². The van der Waals surface area contributed by atoms with Crippen molar-refractivity contribution < 1.29 is 8.42 Å². The number of hydrogen-bond donors (Lipinski definition) is 1. The second kappa shape index (κ2) is 7.06. The van der Waals surface area contributed by atoms with Gasteiger partial charge >= 0.3 is 0 Å². The van der Waals surface area contributed by atoms with Crippen LogP contribution in [0.4, 0.5) is 0 Å². The summed E-state index contributed by atoms with van der Waals surface area (Å²) >= 11 is 0. The van der Waals surface area contributed by atoms with Gasteiger partial charge in [-0.15, -0.1) is 0 Å². The van der Waals surface area contributed by atoms with Crippen molar-refractivity contribution in [3.05, 3.63) is 35.9 Å². The van der Waals surface area contributed by atoms with E-state index in [0.29, 0.717) is 6.54 Å². The summed E-state index contributed by atoms with van der Waals surface area (Å²) in [6.45, 7) is 6.46. The van der Waals surface area contributed by atoms with Crippen molar-refractivity contribution in [2.75, 3.05) is 18.1 Å². The summed E-state index contributed by atoms with van der Waals surface area (Å²) < 4.78 is 22.8. The van der Waals surface area contributed by atoms with Crippen LogP contribution in [0.1, 0.15) is 32.8 Å². The van der Waals surface area contributed by atoms with E-state index < -0.39 is 9.84 Å². The molecule has 0 aromatic heterocycles. The second-order valence-electron chi connectivity index (χ2n) is 5.53. The number of sulfone groups is 1. The van der Waals surface area contributed by atoms with Gasteiger partial charge < -0.3 is 5.32 Å². The molecule has 0 aliphatic rings. The first kappa shape index (κ1) is 16.2. The molecule has 1 aromatic rings. The number of aryl methyl sites for hydroxylation is 1. The molecule has 19 heavy (non-hydrogen) atoms. The van der Waals surface area contributed by atoms with Gasteiger partial charge in [0.2, 0.25) is 0 Å². The lowest BCUT2D eigenvalue weighted by molar-refractivity contribution is 0.372. The van der Waals surface area contributed by atoms with Gasteiger partial charge in [-0.05, 0) is 32.3 Å².